The predicted molar refractivity (Wildman–Crippen MR) is 141 cm³/mol. The molecule has 0 spiro atoms. The lowest BCUT2D eigenvalue weighted by atomic mass is 9.64. The minimum absolute atomic E-state index is 0.0559. The summed E-state index contributed by atoms with van der Waals surface area (Å²) >= 11 is 0. The Bertz CT molecular complexity index is 1070. The van der Waals surface area contributed by atoms with Crippen LogP contribution in [0.3, 0.4) is 0 Å². The average Bonchev–Trinajstić information content (AvgIpc) is 2.90. The van der Waals surface area contributed by atoms with E-state index in [1.165, 1.54) is 50.3 Å². The van der Waals surface area contributed by atoms with Crippen LogP contribution < -0.4 is 9.47 Å². The number of fused-ring (bicyclic) bond motifs is 1. The molecule has 2 aromatic carbocycles. The molecule has 38 heavy (non-hydrogen) atoms. The van der Waals surface area contributed by atoms with E-state index in [0.29, 0.717) is 6.42 Å². The number of halogens is 5. The average molecular weight is 541 g/mol. The highest BCUT2D eigenvalue weighted by molar-refractivity contribution is 5.90. The van der Waals surface area contributed by atoms with E-state index < -0.39 is 34.5 Å². The molecule has 4 rings (SSSR count). The largest absolute Gasteiger partial charge is 0.493 e. The Balaban J connectivity index is 1.56. The molecule has 0 heterocycles. The van der Waals surface area contributed by atoms with Gasteiger partial charge in [0.25, 0.3) is 0 Å². The molecular weight excluding hydrogens is 499 g/mol. The number of benzene rings is 2. The van der Waals surface area contributed by atoms with Gasteiger partial charge in [0, 0.05) is 10.8 Å². The van der Waals surface area contributed by atoms with Gasteiger partial charge in [-0.3, -0.25) is 0 Å². The molecule has 2 aromatic rings. The van der Waals surface area contributed by atoms with Crippen molar-refractivity contribution in [2.45, 2.75) is 103 Å². The summed E-state index contributed by atoms with van der Waals surface area (Å²) in [7, 11) is 0. The summed E-state index contributed by atoms with van der Waals surface area (Å²) in [4.78, 5) is 0. The molecule has 0 atom stereocenters. The second-order valence-electron chi connectivity index (χ2n) is 11.5. The van der Waals surface area contributed by atoms with E-state index >= 15 is 8.78 Å². The van der Waals surface area contributed by atoms with Crippen molar-refractivity contribution >= 4 is 10.8 Å². The molecule has 0 aliphatic heterocycles. The van der Waals surface area contributed by atoms with E-state index in [-0.39, 0.29) is 29.8 Å². The minimum Gasteiger partial charge on any atom is -0.493 e. The van der Waals surface area contributed by atoms with Crippen LogP contribution in [-0.4, -0.2) is 13.2 Å². The van der Waals surface area contributed by atoms with Gasteiger partial charge in [0.1, 0.15) is 11.3 Å². The van der Waals surface area contributed by atoms with Gasteiger partial charge in [-0.1, -0.05) is 64.9 Å². The van der Waals surface area contributed by atoms with Crippen LogP contribution in [0.4, 0.5) is 22.0 Å². The lowest BCUT2D eigenvalue weighted by Crippen LogP contribution is -2.35. The number of hydrogen-bond acceptors (Lipinski definition) is 2. The molecule has 0 aromatic heterocycles. The van der Waals surface area contributed by atoms with E-state index in [4.69, 9.17) is 9.47 Å². The molecule has 2 aliphatic rings. The van der Waals surface area contributed by atoms with Crippen LogP contribution in [0, 0.1) is 28.9 Å². The lowest BCUT2D eigenvalue weighted by molar-refractivity contribution is -0.137. The fourth-order valence-electron chi connectivity index (χ4n) is 6.77. The smallest absolute Gasteiger partial charge is 0.420 e. The van der Waals surface area contributed by atoms with Gasteiger partial charge < -0.3 is 9.47 Å². The van der Waals surface area contributed by atoms with Gasteiger partial charge in [-0.15, -0.1) is 0 Å². The molecule has 0 unspecified atom stereocenters. The van der Waals surface area contributed by atoms with Crippen molar-refractivity contribution < 1.29 is 31.4 Å². The van der Waals surface area contributed by atoms with Crippen LogP contribution in [0.2, 0.25) is 0 Å². The third-order valence-corrected chi connectivity index (χ3v) is 8.87. The summed E-state index contributed by atoms with van der Waals surface area (Å²) in [5.41, 5.74) is -1.40. The summed E-state index contributed by atoms with van der Waals surface area (Å²) in [5.74, 6) is -2.21. The fraction of sp³-hybridized carbons (Fsp3) is 0.677. The van der Waals surface area contributed by atoms with Crippen molar-refractivity contribution in [3.05, 3.63) is 35.4 Å². The third kappa shape index (κ3) is 6.39. The van der Waals surface area contributed by atoms with Crippen LogP contribution >= 0.6 is 0 Å². The monoisotopic (exact) mass is 540 g/mol. The maximum Gasteiger partial charge on any atom is 0.420 e. The van der Waals surface area contributed by atoms with Crippen molar-refractivity contribution in [2.75, 3.05) is 13.2 Å². The van der Waals surface area contributed by atoms with E-state index in [1.54, 1.807) is 0 Å². The maximum absolute atomic E-state index is 15.3. The Morgan fingerprint density at radius 1 is 0.842 bits per heavy atom. The van der Waals surface area contributed by atoms with Crippen LogP contribution in [0.1, 0.15) is 103 Å². The van der Waals surface area contributed by atoms with Crippen molar-refractivity contribution in [1.29, 1.82) is 0 Å². The molecule has 0 radical (unpaired) electrons. The normalized spacial score (nSPS) is 23.1. The maximum atomic E-state index is 15.3. The number of ether oxygens (including phenoxy) is 2. The predicted octanol–water partition coefficient (Wildman–Crippen LogP) is 10.3. The Labute approximate surface area is 223 Å². The summed E-state index contributed by atoms with van der Waals surface area (Å²) in [5, 5.41) is -0.868. The van der Waals surface area contributed by atoms with Crippen LogP contribution in [0.25, 0.3) is 10.8 Å². The van der Waals surface area contributed by atoms with Gasteiger partial charge in [-0.25, -0.2) is 4.39 Å². The van der Waals surface area contributed by atoms with Crippen molar-refractivity contribution in [3.8, 4) is 11.5 Å². The molecule has 2 fully saturated rings. The third-order valence-electron chi connectivity index (χ3n) is 8.87. The second kappa shape index (κ2) is 12.4. The molecular formula is C31H41F5O2. The summed E-state index contributed by atoms with van der Waals surface area (Å²) in [6.45, 7) is 4.31. The van der Waals surface area contributed by atoms with Gasteiger partial charge in [-0.05, 0) is 67.9 Å². The first-order chi connectivity index (χ1) is 18.2. The van der Waals surface area contributed by atoms with E-state index in [2.05, 4.69) is 6.92 Å². The molecule has 0 N–H and O–H groups in total. The quantitative estimate of drug-likeness (QED) is 0.220. The Kier molecular flexibility index (Phi) is 9.46. The topological polar surface area (TPSA) is 18.5 Å². The zero-order valence-electron chi connectivity index (χ0n) is 22.7. The highest BCUT2D eigenvalue weighted by Gasteiger charge is 2.40. The molecule has 0 amide bonds. The minimum atomic E-state index is -4.90. The van der Waals surface area contributed by atoms with Gasteiger partial charge in [0.05, 0.1) is 13.2 Å². The first-order valence-electron chi connectivity index (χ1n) is 14.5. The number of rotatable bonds is 10. The van der Waals surface area contributed by atoms with Gasteiger partial charge in [0.15, 0.2) is 11.6 Å². The lowest BCUT2D eigenvalue weighted by Gasteiger charge is -2.43. The molecule has 2 nitrogen and oxygen atoms in total. The summed E-state index contributed by atoms with van der Waals surface area (Å²) in [6.07, 6.45) is 9.09. The summed E-state index contributed by atoms with van der Waals surface area (Å²) < 4.78 is 83.7. The zero-order chi connectivity index (χ0) is 27.3. The van der Waals surface area contributed by atoms with Crippen molar-refractivity contribution in [2.24, 2.45) is 17.3 Å². The van der Waals surface area contributed by atoms with Crippen molar-refractivity contribution in [1.82, 2.24) is 0 Å². The molecule has 7 heteroatoms. The first-order valence-corrected chi connectivity index (χ1v) is 14.5. The standard InChI is InChI=1S/C31H41F5O2/c1-3-5-18-37-24-12-11-23-19-25(28(32)29(33)26(23)27(24)31(34,35)36)38-20-30(15-4-2)16-13-22(14-17-30)21-9-7-6-8-10-21/h11-12,19,21-22H,3-10,13-18,20H2,1-2H3. The fourth-order valence-corrected chi connectivity index (χ4v) is 6.77. The Morgan fingerprint density at radius 3 is 2.16 bits per heavy atom. The van der Waals surface area contributed by atoms with Crippen LogP contribution in [-0.2, 0) is 6.18 Å². The second-order valence-corrected chi connectivity index (χ2v) is 11.5. The van der Waals surface area contributed by atoms with Gasteiger partial charge in [0.2, 0.25) is 5.82 Å². The SMILES string of the molecule is CCCCOc1ccc2cc(OCC3(CCC)CCC(C4CCCCC4)CC3)c(F)c(F)c2c1C(F)(F)F. The van der Waals surface area contributed by atoms with E-state index in [9.17, 15) is 13.2 Å². The highest BCUT2D eigenvalue weighted by atomic mass is 19.4. The highest BCUT2D eigenvalue weighted by Crippen LogP contribution is 2.48. The van der Waals surface area contributed by atoms with Gasteiger partial charge in [-0.2, -0.15) is 17.6 Å². The number of unbranched alkanes of at least 4 members (excludes halogenated alkanes) is 1. The van der Waals surface area contributed by atoms with E-state index in [0.717, 1.165) is 56.8 Å². The number of hydrogen-bond donors (Lipinski definition) is 0. The molecule has 0 bridgehead atoms. The Morgan fingerprint density at radius 2 is 1.53 bits per heavy atom. The van der Waals surface area contributed by atoms with Crippen molar-refractivity contribution in [3.63, 3.8) is 0 Å². The Hall–Kier alpha value is -2.05. The molecule has 2 aliphatic carbocycles. The summed E-state index contributed by atoms with van der Waals surface area (Å²) in [6, 6.07) is 3.73. The van der Waals surface area contributed by atoms with Gasteiger partial charge >= 0.3 is 6.18 Å². The molecule has 212 valence electrons. The zero-order valence-corrected chi connectivity index (χ0v) is 22.7. The van der Waals surface area contributed by atoms with Crippen LogP contribution in [0.5, 0.6) is 11.5 Å². The molecule has 2 saturated carbocycles. The number of alkyl halides is 3. The first kappa shape index (κ1) is 28.9. The van der Waals surface area contributed by atoms with E-state index in [1.807, 2.05) is 6.92 Å². The van der Waals surface area contributed by atoms with Crippen LogP contribution in [0.15, 0.2) is 18.2 Å². The molecule has 0 saturated heterocycles.